The van der Waals surface area contributed by atoms with Crippen LogP contribution in [0, 0.1) is 11.8 Å². The lowest BCUT2D eigenvalue weighted by Crippen LogP contribution is -2.25. The van der Waals surface area contributed by atoms with Crippen molar-refractivity contribution >= 4 is 15.9 Å². The average Bonchev–Trinajstić information content (AvgIpc) is 2.95. The molecule has 0 bridgehead atoms. The fourth-order valence-corrected chi connectivity index (χ4v) is 3.79. The molecular weight excluding hydrogens is 302 g/mol. The second kappa shape index (κ2) is 6.89. The lowest BCUT2D eigenvalue weighted by atomic mass is 9.98. The molecule has 1 aliphatic rings. The molecule has 1 heterocycles. The molecule has 4 heteroatoms. The Morgan fingerprint density at radius 2 is 2.16 bits per heavy atom. The Hall–Kier alpha value is -0.350. The monoisotopic (exact) mass is 327 g/mol. The molecule has 0 amide bonds. The average molecular weight is 328 g/mol. The fourth-order valence-electron chi connectivity index (χ4n) is 3.09. The third-order valence-corrected chi connectivity index (χ3v) is 5.35. The summed E-state index contributed by atoms with van der Waals surface area (Å²) in [4.78, 5) is 0. The maximum atomic E-state index is 4.64. The molecule has 3 nitrogen and oxygen atoms in total. The Bertz CT molecular complexity index is 414. The first-order valence-electron chi connectivity index (χ1n) is 7.62. The minimum absolute atomic E-state index is 0.863. The van der Waals surface area contributed by atoms with Crippen LogP contribution in [0.5, 0.6) is 0 Å². The van der Waals surface area contributed by atoms with E-state index >= 15 is 0 Å². The van der Waals surface area contributed by atoms with Crippen molar-refractivity contribution in [1.29, 1.82) is 0 Å². The molecule has 2 atom stereocenters. The van der Waals surface area contributed by atoms with Crippen LogP contribution in [0.3, 0.4) is 0 Å². The largest absolute Gasteiger partial charge is 0.311 e. The highest BCUT2D eigenvalue weighted by Crippen LogP contribution is 2.30. The van der Waals surface area contributed by atoms with Crippen molar-refractivity contribution in [3.8, 4) is 0 Å². The van der Waals surface area contributed by atoms with E-state index < -0.39 is 0 Å². The highest BCUT2D eigenvalue weighted by molar-refractivity contribution is 9.10. The van der Waals surface area contributed by atoms with Gasteiger partial charge in [-0.25, -0.2) is 0 Å². The Balaban J connectivity index is 1.93. The molecule has 108 valence electrons. The van der Waals surface area contributed by atoms with Crippen LogP contribution in [0.4, 0.5) is 0 Å². The van der Waals surface area contributed by atoms with Gasteiger partial charge in [0.1, 0.15) is 0 Å². The van der Waals surface area contributed by atoms with Crippen LogP contribution in [0.15, 0.2) is 4.47 Å². The summed E-state index contributed by atoms with van der Waals surface area (Å²) in [6.45, 7) is 9.71. The van der Waals surface area contributed by atoms with E-state index in [1.165, 1.54) is 35.1 Å². The van der Waals surface area contributed by atoms with E-state index in [4.69, 9.17) is 0 Å². The summed E-state index contributed by atoms with van der Waals surface area (Å²) >= 11 is 3.71. The van der Waals surface area contributed by atoms with Crippen LogP contribution in [-0.4, -0.2) is 16.3 Å². The lowest BCUT2D eigenvalue weighted by molar-refractivity contribution is 0.388. The van der Waals surface area contributed by atoms with Gasteiger partial charge in [0.15, 0.2) is 0 Å². The highest BCUT2D eigenvalue weighted by Gasteiger charge is 2.23. The van der Waals surface area contributed by atoms with Crippen LogP contribution in [0.2, 0.25) is 0 Å². The minimum atomic E-state index is 0.863. The topological polar surface area (TPSA) is 29.9 Å². The van der Waals surface area contributed by atoms with Gasteiger partial charge in [0.2, 0.25) is 0 Å². The van der Waals surface area contributed by atoms with Gasteiger partial charge < -0.3 is 5.32 Å². The maximum absolute atomic E-state index is 4.64. The Labute approximate surface area is 125 Å². The van der Waals surface area contributed by atoms with Crippen molar-refractivity contribution in [1.82, 2.24) is 15.1 Å². The summed E-state index contributed by atoms with van der Waals surface area (Å²) in [5.74, 6) is 1.75. The number of halogens is 1. The Morgan fingerprint density at radius 1 is 1.37 bits per heavy atom. The molecular formula is C15H26BrN3. The van der Waals surface area contributed by atoms with Gasteiger partial charge in [-0.15, -0.1) is 0 Å². The summed E-state index contributed by atoms with van der Waals surface area (Å²) < 4.78 is 3.32. The predicted molar refractivity (Wildman–Crippen MR) is 83.2 cm³/mol. The predicted octanol–water partition coefficient (Wildman–Crippen LogP) is 3.75. The van der Waals surface area contributed by atoms with Crippen LogP contribution in [0.1, 0.15) is 51.4 Å². The summed E-state index contributed by atoms with van der Waals surface area (Å²) in [6.07, 6.45) is 5.19. The molecule has 0 spiro atoms. The van der Waals surface area contributed by atoms with Crippen molar-refractivity contribution in [3.05, 3.63) is 15.9 Å². The molecule has 0 aliphatic heterocycles. The van der Waals surface area contributed by atoms with Crippen LogP contribution >= 0.6 is 15.9 Å². The zero-order valence-electron chi connectivity index (χ0n) is 12.4. The van der Waals surface area contributed by atoms with Gasteiger partial charge in [-0.05, 0) is 54.1 Å². The summed E-state index contributed by atoms with van der Waals surface area (Å²) in [6, 6.07) is 0. The van der Waals surface area contributed by atoms with Crippen molar-refractivity contribution in [2.75, 3.05) is 6.54 Å². The van der Waals surface area contributed by atoms with Crippen molar-refractivity contribution in [2.45, 2.75) is 59.5 Å². The smallest absolute Gasteiger partial charge is 0.0767 e. The zero-order valence-corrected chi connectivity index (χ0v) is 14.0. The molecule has 2 rings (SSSR count). The van der Waals surface area contributed by atoms with Gasteiger partial charge in [0.25, 0.3) is 0 Å². The molecule has 0 aromatic carbocycles. The molecule has 1 N–H and O–H groups in total. The minimum Gasteiger partial charge on any atom is -0.311 e. The Morgan fingerprint density at radius 3 is 2.74 bits per heavy atom. The third kappa shape index (κ3) is 3.40. The van der Waals surface area contributed by atoms with E-state index in [-0.39, 0.29) is 0 Å². The van der Waals surface area contributed by atoms with E-state index in [0.29, 0.717) is 0 Å². The van der Waals surface area contributed by atoms with E-state index in [0.717, 1.165) is 37.9 Å². The normalized spacial score (nSPS) is 23.2. The van der Waals surface area contributed by atoms with E-state index in [2.05, 4.69) is 51.8 Å². The zero-order chi connectivity index (χ0) is 13.8. The molecule has 1 aliphatic carbocycles. The maximum Gasteiger partial charge on any atom is 0.0767 e. The summed E-state index contributed by atoms with van der Waals surface area (Å²) in [7, 11) is 0. The molecule has 19 heavy (non-hydrogen) atoms. The van der Waals surface area contributed by atoms with Crippen molar-refractivity contribution in [3.63, 3.8) is 0 Å². The first-order chi connectivity index (χ1) is 9.17. The number of rotatable bonds is 6. The number of aryl methyl sites for hydroxylation is 2. The van der Waals surface area contributed by atoms with Crippen LogP contribution in [0.25, 0.3) is 0 Å². The summed E-state index contributed by atoms with van der Waals surface area (Å²) in [5.41, 5.74) is 2.47. The molecule has 2 unspecified atom stereocenters. The number of hydrogen-bond donors (Lipinski definition) is 1. The Kier molecular flexibility index (Phi) is 5.46. The van der Waals surface area contributed by atoms with Gasteiger partial charge in [-0.2, -0.15) is 5.10 Å². The number of nitrogens with zero attached hydrogens (tertiary/aromatic N) is 2. The van der Waals surface area contributed by atoms with Crippen LogP contribution < -0.4 is 5.32 Å². The fraction of sp³-hybridized carbons (Fsp3) is 0.800. The third-order valence-electron chi connectivity index (χ3n) is 4.43. The molecule has 1 saturated carbocycles. The second-order valence-electron chi connectivity index (χ2n) is 5.68. The van der Waals surface area contributed by atoms with Crippen LogP contribution in [-0.2, 0) is 19.5 Å². The number of nitrogens with one attached hydrogen (secondary N) is 1. The number of hydrogen-bond acceptors (Lipinski definition) is 2. The van der Waals surface area contributed by atoms with Gasteiger partial charge in [-0.3, -0.25) is 4.68 Å². The SMILES string of the molecule is CCc1nn(CC)c(CNCC2CCCC2C)c1Br. The van der Waals surface area contributed by atoms with E-state index in [1.807, 2.05) is 0 Å². The molecule has 0 saturated heterocycles. The summed E-state index contributed by atoms with van der Waals surface area (Å²) in [5, 5.41) is 8.28. The molecule has 1 fully saturated rings. The number of aromatic nitrogens is 2. The highest BCUT2D eigenvalue weighted by atomic mass is 79.9. The van der Waals surface area contributed by atoms with Gasteiger partial charge in [0.05, 0.1) is 15.9 Å². The lowest BCUT2D eigenvalue weighted by Gasteiger charge is -2.16. The first-order valence-corrected chi connectivity index (χ1v) is 8.41. The standard InChI is InChI=1S/C15H26BrN3/c1-4-13-15(16)14(19(5-2)18-13)10-17-9-12-8-6-7-11(12)3/h11-12,17H,4-10H2,1-3H3. The van der Waals surface area contributed by atoms with Crippen molar-refractivity contribution in [2.24, 2.45) is 11.8 Å². The first kappa shape index (κ1) is 15.0. The van der Waals surface area contributed by atoms with E-state index in [9.17, 15) is 0 Å². The quantitative estimate of drug-likeness (QED) is 0.862. The molecule has 1 aromatic heterocycles. The van der Waals surface area contributed by atoms with E-state index in [1.54, 1.807) is 0 Å². The molecule has 0 radical (unpaired) electrons. The molecule has 1 aromatic rings. The van der Waals surface area contributed by atoms with Gasteiger partial charge in [-0.1, -0.05) is 26.7 Å². The van der Waals surface area contributed by atoms with Gasteiger partial charge >= 0.3 is 0 Å². The van der Waals surface area contributed by atoms with Gasteiger partial charge in [0, 0.05) is 13.1 Å². The second-order valence-corrected chi connectivity index (χ2v) is 6.47. The van der Waals surface area contributed by atoms with Crippen molar-refractivity contribution < 1.29 is 0 Å².